The van der Waals surface area contributed by atoms with Crippen LogP contribution in [0, 0.1) is 0 Å². The smallest absolute Gasteiger partial charge is 0.235 e. The van der Waals surface area contributed by atoms with E-state index in [1.165, 1.54) is 32.3 Å². The minimum atomic E-state index is 0.653. The highest BCUT2D eigenvalue weighted by molar-refractivity contribution is 6.36. The van der Waals surface area contributed by atoms with Gasteiger partial charge in [0, 0.05) is 38.5 Å². The Balaban J connectivity index is 1.29. The van der Waals surface area contributed by atoms with Crippen molar-refractivity contribution in [2.45, 2.75) is 0 Å². The predicted octanol–water partition coefficient (Wildman–Crippen LogP) is 12.4. The van der Waals surface area contributed by atoms with Gasteiger partial charge < -0.3 is 9.47 Å². The minimum Gasteiger partial charge on any atom is -0.309 e. The Kier molecular flexibility index (Phi) is 5.71. The molecule has 1 aliphatic rings. The lowest BCUT2D eigenvalue weighted by Crippen LogP contribution is -2.16. The van der Waals surface area contributed by atoms with Gasteiger partial charge in [-0.1, -0.05) is 121 Å². The molecular weight excluding hydrogens is 647 g/mol. The van der Waals surface area contributed by atoms with Crippen LogP contribution in [0.5, 0.6) is 0 Å². The van der Waals surface area contributed by atoms with Crippen molar-refractivity contribution in [1.29, 1.82) is 0 Å². The maximum Gasteiger partial charge on any atom is 0.235 e. The average molecular weight is 676 g/mol. The van der Waals surface area contributed by atoms with E-state index < -0.39 is 0 Å². The first kappa shape index (κ1) is 28.5. The lowest BCUT2D eigenvalue weighted by molar-refractivity contribution is 1.01. The summed E-state index contributed by atoms with van der Waals surface area (Å²) in [5.41, 5.74) is 11.8. The van der Waals surface area contributed by atoms with Crippen molar-refractivity contribution < 1.29 is 0 Å². The molecule has 0 aliphatic carbocycles. The maximum absolute atomic E-state index is 5.60. The summed E-state index contributed by atoms with van der Waals surface area (Å²) in [5.74, 6) is 0.653. The molecule has 1 aliphatic heterocycles. The summed E-state index contributed by atoms with van der Waals surface area (Å²) in [6.07, 6.45) is 0. The zero-order valence-corrected chi connectivity index (χ0v) is 28.5. The largest absolute Gasteiger partial charge is 0.309 e. The van der Waals surface area contributed by atoms with Crippen molar-refractivity contribution in [1.82, 2.24) is 19.1 Å². The van der Waals surface area contributed by atoms with Crippen molar-refractivity contribution in [2.75, 3.05) is 4.90 Å². The van der Waals surface area contributed by atoms with Crippen LogP contribution in [0.2, 0.25) is 0 Å². The van der Waals surface area contributed by atoms with E-state index in [0.717, 1.165) is 67.0 Å². The quantitative estimate of drug-likeness (QED) is 0.187. The third-order valence-electron chi connectivity index (χ3n) is 11.0. The molecule has 0 N–H and O–H groups in total. The standard InChI is InChI=1S/C48H29N5/c1-3-16-30(17-4-1)51-40-28-14-11-24-36(40)45-44-37(25-15-29-41(44)51)49-48(50-45)53-39-27-13-10-23-35(39)43-33-21-8-7-20-32(33)42-34-22-9-12-26-38(34)52(46(42)47(43)53)31-18-5-2-6-19-31/h1-29H. The summed E-state index contributed by atoms with van der Waals surface area (Å²) in [4.78, 5) is 13.4. The van der Waals surface area contributed by atoms with Gasteiger partial charge >= 0.3 is 0 Å². The summed E-state index contributed by atoms with van der Waals surface area (Å²) in [5, 5.41) is 8.32. The average Bonchev–Trinajstić information content (AvgIpc) is 3.76. The minimum absolute atomic E-state index is 0.653. The Labute approximate surface area is 304 Å². The van der Waals surface area contributed by atoms with E-state index >= 15 is 0 Å². The number of nitrogens with zero attached hydrogens (tertiary/aromatic N) is 5. The van der Waals surface area contributed by atoms with Crippen LogP contribution in [0.3, 0.4) is 0 Å². The van der Waals surface area contributed by atoms with Gasteiger partial charge in [-0.2, -0.15) is 0 Å². The highest BCUT2D eigenvalue weighted by Gasteiger charge is 2.30. The van der Waals surface area contributed by atoms with Crippen LogP contribution in [-0.2, 0) is 0 Å². The van der Waals surface area contributed by atoms with Gasteiger partial charge in [-0.3, -0.25) is 4.57 Å². The molecule has 0 saturated heterocycles. The van der Waals surface area contributed by atoms with E-state index in [4.69, 9.17) is 9.97 Å². The Morgan fingerprint density at radius 2 is 0.887 bits per heavy atom. The zero-order chi connectivity index (χ0) is 34.6. The fraction of sp³-hybridized carbons (Fsp3) is 0. The second-order valence-corrected chi connectivity index (χ2v) is 13.8. The van der Waals surface area contributed by atoms with Gasteiger partial charge in [0.1, 0.15) is 0 Å². The second kappa shape index (κ2) is 10.6. The van der Waals surface area contributed by atoms with E-state index in [2.05, 4.69) is 190 Å². The van der Waals surface area contributed by atoms with E-state index in [9.17, 15) is 0 Å². The molecule has 12 rings (SSSR count). The first-order valence-electron chi connectivity index (χ1n) is 18.0. The summed E-state index contributed by atoms with van der Waals surface area (Å²) in [7, 11) is 0. The molecule has 5 nitrogen and oxygen atoms in total. The number of hydrogen-bond acceptors (Lipinski definition) is 3. The molecule has 0 spiro atoms. The lowest BCUT2D eigenvalue weighted by atomic mass is 9.96. The Bertz CT molecular complexity index is 3280. The van der Waals surface area contributed by atoms with Gasteiger partial charge in [0.05, 0.1) is 50.0 Å². The number of aromatic nitrogens is 4. The van der Waals surface area contributed by atoms with Crippen molar-refractivity contribution in [3.05, 3.63) is 176 Å². The van der Waals surface area contributed by atoms with E-state index in [0.29, 0.717) is 5.95 Å². The van der Waals surface area contributed by atoms with Gasteiger partial charge in [0.2, 0.25) is 5.95 Å². The number of rotatable bonds is 3. The number of para-hydroxylation sites is 5. The fourth-order valence-corrected chi connectivity index (χ4v) is 8.93. The molecule has 3 aromatic heterocycles. The van der Waals surface area contributed by atoms with Crippen LogP contribution in [0.4, 0.5) is 17.1 Å². The van der Waals surface area contributed by atoms with Gasteiger partial charge in [0.15, 0.2) is 0 Å². The molecule has 0 atom stereocenters. The summed E-state index contributed by atoms with van der Waals surface area (Å²) in [6.45, 7) is 0. The van der Waals surface area contributed by atoms with Crippen molar-refractivity contribution in [2.24, 2.45) is 0 Å². The van der Waals surface area contributed by atoms with Crippen LogP contribution in [0.1, 0.15) is 0 Å². The van der Waals surface area contributed by atoms with Gasteiger partial charge in [0.25, 0.3) is 0 Å². The van der Waals surface area contributed by atoms with Gasteiger partial charge in [-0.05, 0) is 65.4 Å². The van der Waals surface area contributed by atoms with E-state index in [1.54, 1.807) is 0 Å². The van der Waals surface area contributed by atoms with E-state index in [-0.39, 0.29) is 0 Å². The molecule has 0 unspecified atom stereocenters. The molecule has 11 aromatic rings. The monoisotopic (exact) mass is 675 g/mol. The summed E-state index contributed by atoms with van der Waals surface area (Å²) in [6, 6.07) is 62.7. The molecule has 0 radical (unpaired) electrons. The third kappa shape index (κ3) is 3.80. The van der Waals surface area contributed by atoms with Crippen LogP contribution < -0.4 is 4.90 Å². The van der Waals surface area contributed by atoms with Crippen molar-refractivity contribution in [3.8, 4) is 22.9 Å². The Hall–Kier alpha value is -7.24. The number of fused-ring (bicyclic) bond motifs is 12. The normalized spacial score (nSPS) is 12.5. The molecule has 246 valence electrons. The molecular formula is C48H29N5. The Morgan fingerprint density at radius 1 is 0.358 bits per heavy atom. The zero-order valence-electron chi connectivity index (χ0n) is 28.5. The molecule has 0 amide bonds. The topological polar surface area (TPSA) is 38.9 Å². The van der Waals surface area contributed by atoms with Crippen LogP contribution >= 0.6 is 0 Å². The van der Waals surface area contributed by atoms with Crippen molar-refractivity contribution >= 4 is 82.3 Å². The van der Waals surface area contributed by atoms with Crippen LogP contribution in [0.25, 0.3) is 88.2 Å². The fourth-order valence-electron chi connectivity index (χ4n) is 8.93. The molecule has 4 heterocycles. The Morgan fingerprint density at radius 3 is 1.58 bits per heavy atom. The molecule has 0 fully saturated rings. The third-order valence-corrected chi connectivity index (χ3v) is 11.0. The molecule has 5 heteroatoms. The highest BCUT2D eigenvalue weighted by Crippen LogP contribution is 2.51. The number of benzene rings is 8. The predicted molar refractivity (Wildman–Crippen MR) is 219 cm³/mol. The first-order chi connectivity index (χ1) is 26.3. The highest BCUT2D eigenvalue weighted by atomic mass is 15.2. The van der Waals surface area contributed by atoms with Crippen LogP contribution in [-0.4, -0.2) is 19.1 Å². The number of hydrogen-bond donors (Lipinski definition) is 0. The number of anilines is 3. The first-order valence-corrected chi connectivity index (χ1v) is 18.0. The maximum atomic E-state index is 5.60. The van der Waals surface area contributed by atoms with E-state index in [1.807, 2.05) is 0 Å². The van der Waals surface area contributed by atoms with Gasteiger partial charge in [-0.25, -0.2) is 9.97 Å². The summed E-state index contributed by atoms with van der Waals surface area (Å²) >= 11 is 0. The lowest BCUT2D eigenvalue weighted by Gasteiger charge is -2.32. The molecule has 8 aromatic carbocycles. The second-order valence-electron chi connectivity index (χ2n) is 13.8. The molecule has 53 heavy (non-hydrogen) atoms. The molecule has 0 bridgehead atoms. The van der Waals surface area contributed by atoms with Crippen LogP contribution in [0.15, 0.2) is 176 Å². The van der Waals surface area contributed by atoms with Gasteiger partial charge in [-0.15, -0.1) is 0 Å². The van der Waals surface area contributed by atoms with Crippen molar-refractivity contribution in [3.63, 3.8) is 0 Å². The molecule has 0 saturated carbocycles. The summed E-state index contributed by atoms with van der Waals surface area (Å²) < 4.78 is 4.76. The SMILES string of the molecule is c1ccc(N2c3ccccc3-c3nc(-n4c5ccccc5c5c6ccccc6c6c7ccccc7n(-c7ccccc7)c6c54)nc4cccc2c34)cc1.